The van der Waals surface area contributed by atoms with Crippen molar-refractivity contribution >= 4 is 5.69 Å². The fraction of sp³-hybridized carbons (Fsp3) is 0.217. The molecule has 0 spiro atoms. The van der Waals surface area contributed by atoms with Crippen molar-refractivity contribution in [1.29, 1.82) is 0 Å². The zero-order valence-electron chi connectivity index (χ0n) is 15.7. The average Bonchev–Trinajstić information content (AvgIpc) is 2.68. The molecule has 0 saturated carbocycles. The molecule has 26 heavy (non-hydrogen) atoms. The molecule has 0 amide bonds. The average molecular weight is 347 g/mol. The van der Waals surface area contributed by atoms with Crippen LogP contribution in [0.5, 0.6) is 5.75 Å². The van der Waals surface area contributed by atoms with Crippen LogP contribution in [0.25, 0.3) is 0 Å². The Morgan fingerprint density at radius 2 is 1.46 bits per heavy atom. The van der Waals surface area contributed by atoms with E-state index in [1.807, 2.05) is 87.7 Å². The lowest BCUT2D eigenvalue weighted by molar-refractivity contribution is 0.125. The van der Waals surface area contributed by atoms with Gasteiger partial charge in [-0.2, -0.15) is 0 Å². The van der Waals surface area contributed by atoms with Gasteiger partial charge in [0.05, 0.1) is 7.11 Å². The number of benzene rings is 3. The first kappa shape index (κ1) is 18.0. The summed E-state index contributed by atoms with van der Waals surface area (Å²) in [5.74, 6) is 0.767. The molecule has 0 fully saturated rings. The largest absolute Gasteiger partial charge is 0.497 e. The topological polar surface area (TPSA) is 32.7 Å². The van der Waals surface area contributed by atoms with Crippen molar-refractivity contribution in [3.05, 3.63) is 95.1 Å². The second-order valence-electron chi connectivity index (χ2n) is 6.70. The third kappa shape index (κ3) is 3.18. The predicted molar refractivity (Wildman–Crippen MR) is 107 cm³/mol. The molecular formula is C23H25NO2. The number of ether oxygens (including phenoxy) is 1. The van der Waals surface area contributed by atoms with Gasteiger partial charge in [0.2, 0.25) is 0 Å². The summed E-state index contributed by atoms with van der Waals surface area (Å²) in [6.07, 6.45) is 0. The Morgan fingerprint density at radius 1 is 0.846 bits per heavy atom. The lowest BCUT2D eigenvalue weighted by Gasteiger charge is -2.32. The molecule has 3 aromatic rings. The van der Waals surface area contributed by atoms with Gasteiger partial charge in [0, 0.05) is 19.8 Å². The lowest BCUT2D eigenvalue weighted by Crippen LogP contribution is -2.30. The van der Waals surface area contributed by atoms with Gasteiger partial charge in [-0.25, -0.2) is 0 Å². The van der Waals surface area contributed by atoms with Gasteiger partial charge >= 0.3 is 0 Å². The SMILES string of the molecule is COc1ccc(C(O)(c2ccccc2)c2ccc(N(C)C)cc2C)cc1. The van der Waals surface area contributed by atoms with Crippen LogP contribution in [0.2, 0.25) is 0 Å². The summed E-state index contributed by atoms with van der Waals surface area (Å²) in [6.45, 7) is 2.04. The molecule has 0 bridgehead atoms. The number of anilines is 1. The van der Waals surface area contributed by atoms with Gasteiger partial charge in [-0.15, -0.1) is 0 Å². The third-order valence-electron chi connectivity index (χ3n) is 4.82. The summed E-state index contributed by atoms with van der Waals surface area (Å²) in [5.41, 5.74) is 3.44. The number of aryl methyl sites for hydroxylation is 1. The van der Waals surface area contributed by atoms with E-state index in [1.54, 1.807) is 7.11 Å². The van der Waals surface area contributed by atoms with Crippen molar-refractivity contribution in [2.24, 2.45) is 0 Å². The number of hydrogen-bond acceptors (Lipinski definition) is 3. The maximum absolute atomic E-state index is 11.9. The summed E-state index contributed by atoms with van der Waals surface area (Å²) in [4.78, 5) is 2.06. The zero-order valence-corrected chi connectivity index (χ0v) is 15.7. The predicted octanol–water partition coefficient (Wildman–Crippen LogP) is 4.35. The summed E-state index contributed by atoms with van der Waals surface area (Å²) < 4.78 is 5.27. The fourth-order valence-corrected chi connectivity index (χ4v) is 3.32. The van der Waals surface area contributed by atoms with E-state index in [1.165, 1.54) is 0 Å². The highest BCUT2D eigenvalue weighted by atomic mass is 16.5. The van der Waals surface area contributed by atoms with Crippen molar-refractivity contribution in [2.45, 2.75) is 12.5 Å². The minimum absolute atomic E-state index is 0.767. The highest BCUT2D eigenvalue weighted by molar-refractivity contribution is 5.56. The van der Waals surface area contributed by atoms with Crippen LogP contribution < -0.4 is 9.64 Å². The molecule has 0 aliphatic heterocycles. The number of rotatable bonds is 5. The first-order chi connectivity index (χ1) is 12.5. The van der Waals surface area contributed by atoms with Crippen molar-refractivity contribution in [2.75, 3.05) is 26.1 Å². The van der Waals surface area contributed by atoms with Crippen molar-refractivity contribution in [3.63, 3.8) is 0 Å². The van der Waals surface area contributed by atoms with Crippen LogP contribution in [0.1, 0.15) is 22.3 Å². The van der Waals surface area contributed by atoms with Gasteiger partial charge in [-0.1, -0.05) is 48.5 Å². The smallest absolute Gasteiger partial charge is 0.140 e. The van der Waals surface area contributed by atoms with Crippen LogP contribution in [0.15, 0.2) is 72.8 Å². The highest BCUT2D eigenvalue weighted by Crippen LogP contribution is 2.39. The van der Waals surface area contributed by atoms with E-state index >= 15 is 0 Å². The van der Waals surface area contributed by atoms with Crippen LogP contribution in [0, 0.1) is 6.92 Å². The van der Waals surface area contributed by atoms with E-state index in [0.717, 1.165) is 33.7 Å². The second-order valence-corrected chi connectivity index (χ2v) is 6.70. The molecule has 3 aromatic carbocycles. The molecule has 1 atom stereocenters. The lowest BCUT2D eigenvalue weighted by atomic mass is 9.78. The maximum Gasteiger partial charge on any atom is 0.140 e. The Hall–Kier alpha value is -2.78. The van der Waals surface area contributed by atoms with Gasteiger partial charge < -0.3 is 14.7 Å². The second kappa shape index (κ2) is 7.22. The molecule has 0 aromatic heterocycles. The standard InChI is InChI=1S/C23H25NO2/c1-17-16-20(24(2)3)12-15-22(17)23(25,18-8-6-5-7-9-18)19-10-13-21(26-4)14-11-19/h5-16,25H,1-4H3. The van der Waals surface area contributed by atoms with Crippen LogP contribution in [-0.2, 0) is 5.60 Å². The Balaban J connectivity index is 2.21. The summed E-state index contributed by atoms with van der Waals surface area (Å²) in [5, 5.41) is 11.9. The molecule has 0 saturated heterocycles. The molecule has 134 valence electrons. The number of nitrogens with zero attached hydrogens (tertiary/aromatic N) is 1. The Morgan fingerprint density at radius 3 is 2.00 bits per heavy atom. The Bertz CT molecular complexity index is 872. The molecule has 0 radical (unpaired) electrons. The Kier molecular flexibility index (Phi) is 5.01. The van der Waals surface area contributed by atoms with Gasteiger partial charge in [0.1, 0.15) is 11.4 Å². The van der Waals surface area contributed by atoms with E-state index in [4.69, 9.17) is 4.74 Å². The number of aliphatic hydroxyl groups is 1. The van der Waals surface area contributed by atoms with Crippen molar-refractivity contribution in [3.8, 4) is 5.75 Å². The van der Waals surface area contributed by atoms with Gasteiger partial charge in [-0.3, -0.25) is 0 Å². The summed E-state index contributed by atoms with van der Waals surface area (Å²) in [7, 11) is 5.67. The van der Waals surface area contributed by atoms with Gasteiger partial charge in [0.25, 0.3) is 0 Å². The molecule has 0 heterocycles. The summed E-state index contributed by atoms with van der Waals surface area (Å²) in [6, 6.07) is 23.6. The van der Waals surface area contributed by atoms with Crippen molar-refractivity contribution in [1.82, 2.24) is 0 Å². The molecule has 3 heteroatoms. The molecule has 1 N–H and O–H groups in total. The quantitative estimate of drug-likeness (QED) is 0.696. The van der Waals surface area contributed by atoms with E-state index in [2.05, 4.69) is 11.0 Å². The minimum Gasteiger partial charge on any atom is -0.497 e. The Labute approximate surface area is 155 Å². The van der Waals surface area contributed by atoms with E-state index < -0.39 is 5.60 Å². The number of methoxy groups -OCH3 is 1. The van der Waals surface area contributed by atoms with E-state index in [-0.39, 0.29) is 0 Å². The van der Waals surface area contributed by atoms with Gasteiger partial charge in [-0.05, 0) is 53.4 Å². The molecular weight excluding hydrogens is 322 g/mol. The molecule has 1 unspecified atom stereocenters. The third-order valence-corrected chi connectivity index (χ3v) is 4.82. The minimum atomic E-state index is -1.23. The zero-order chi connectivity index (χ0) is 18.7. The van der Waals surface area contributed by atoms with Crippen LogP contribution >= 0.6 is 0 Å². The van der Waals surface area contributed by atoms with Crippen LogP contribution in [0.4, 0.5) is 5.69 Å². The van der Waals surface area contributed by atoms with E-state index in [0.29, 0.717) is 0 Å². The van der Waals surface area contributed by atoms with Crippen LogP contribution in [-0.4, -0.2) is 26.3 Å². The first-order valence-corrected chi connectivity index (χ1v) is 8.67. The molecule has 3 nitrogen and oxygen atoms in total. The molecule has 0 aliphatic carbocycles. The molecule has 3 rings (SSSR count). The summed E-state index contributed by atoms with van der Waals surface area (Å²) >= 11 is 0. The molecule has 0 aliphatic rings. The maximum atomic E-state index is 11.9. The highest BCUT2D eigenvalue weighted by Gasteiger charge is 2.35. The first-order valence-electron chi connectivity index (χ1n) is 8.67. The van der Waals surface area contributed by atoms with Gasteiger partial charge in [0.15, 0.2) is 0 Å². The van der Waals surface area contributed by atoms with E-state index in [9.17, 15) is 5.11 Å². The number of hydrogen-bond donors (Lipinski definition) is 1. The normalized spacial score (nSPS) is 13.1. The van der Waals surface area contributed by atoms with Crippen molar-refractivity contribution < 1.29 is 9.84 Å². The monoisotopic (exact) mass is 347 g/mol. The fourth-order valence-electron chi connectivity index (χ4n) is 3.32. The van der Waals surface area contributed by atoms with Crippen LogP contribution in [0.3, 0.4) is 0 Å².